The number of hydrogen-bond acceptors (Lipinski definition) is 2. The van der Waals surface area contributed by atoms with Crippen molar-refractivity contribution in [3.05, 3.63) is 55.7 Å². The van der Waals surface area contributed by atoms with E-state index in [1.807, 2.05) is 13.0 Å². The van der Waals surface area contributed by atoms with E-state index in [4.69, 9.17) is 0 Å². The van der Waals surface area contributed by atoms with Crippen LogP contribution in [-0.4, -0.2) is 5.78 Å². The molecule has 1 aromatic carbocycles. The summed E-state index contributed by atoms with van der Waals surface area (Å²) in [5.74, 6) is -0.102. The minimum absolute atomic E-state index is 0.0939. The van der Waals surface area contributed by atoms with Crippen LogP contribution in [0.3, 0.4) is 0 Å². The highest BCUT2D eigenvalue weighted by Crippen LogP contribution is 2.30. The highest BCUT2D eigenvalue weighted by molar-refractivity contribution is 9.10. The first-order valence-corrected chi connectivity index (χ1v) is 7.33. The van der Waals surface area contributed by atoms with Crippen molar-refractivity contribution in [1.82, 2.24) is 0 Å². The SMILES string of the molecule is Cc1cc(Br)c(C(=O)Cc2ccc(C(F)(F)F)cc2)s1. The Bertz CT molecular complexity index is 629. The van der Waals surface area contributed by atoms with Gasteiger partial charge in [-0.3, -0.25) is 4.79 Å². The summed E-state index contributed by atoms with van der Waals surface area (Å²) in [5, 5.41) is 0. The van der Waals surface area contributed by atoms with Crippen LogP contribution in [0, 0.1) is 6.92 Å². The zero-order valence-corrected chi connectivity index (χ0v) is 12.8. The Morgan fingerprint density at radius 3 is 2.30 bits per heavy atom. The molecule has 0 amide bonds. The Labute approximate surface area is 126 Å². The number of aryl methyl sites for hydroxylation is 1. The van der Waals surface area contributed by atoms with Crippen LogP contribution in [0.15, 0.2) is 34.8 Å². The van der Waals surface area contributed by atoms with Crippen LogP contribution in [0.5, 0.6) is 0 Å². The topological polar surface area (TPSA) is 17.1 Å². The Kier molecular flexibility index (Phi) is 4.34. The molecule has 2 aromatic rings. The van der Waals surface area contributed by atoms with Gasteiger partial charge in [-0.05, 0) is 46.6 Å². The van der Waals surface area contributed by atoms with Gasteiger partial charge in [0.25, 0.3) is 0 Å². The smallest absolute Gasteiger partial charge is 0.293 e. The number of benzene rings is 1. The van der Waals surface area contributed by atoms with Crippen molar-refractivity contribution < 1.29 is 18.0 Å². The first-order valence-electron chi connectivity index (χ1n) is 5.72. The molecule has 0 aliphatic carbocycles. The predicted molar refractivity (Wildman–Crippen MR) is 76.2 cm³/mol. The largest absolute Gasteiger partial charge is 0.416 e. The molecule has 0 aliphatic heterocycles. The lowest BCUT2D eigenvalue weighted by Gasteiger charge is -2.07. The second-order valence-electron chi connectivity index (χ2n) is 4.33. The van der Waals surface area contributed by atoms with Gasteiger partial charge in [-0.25, -0.2) is 0 Å². The zero-order valence-electron chi connectivity index (χ0n) is 10.4. The minimum Gasteiger partial charge on any atom is -0.293 e. The Morgan fingerprint density at radius 1 is 1.25 bits per heavy atom. The van der Waals surface area contributed by atoms with E-state index < -0.39 is 11.7 Å². The fourth-order valence-electron chi connectivity index (χ4n) is 1.75. The van der Waals surface area contributed by atoms with Gasteiger partial charge in [-0.2, -0.15) is 13.2 Å². The molecule has 1 nitrogen and oxygen atoms in total. The fraction of sp³-hybridized carbons (Fsp3) is 0.214. The summed E-state index contributed by atoms with van der Waals surface area (Å²) in [6.07, 6.45) is -4.26. The third-order valence-electron chi connectivity index (χ3n) is 2.71. The average molecular weight is 363 g/mol. The van der Waals surface area contributed by atoms with Gasteiger partial charge < -0.3 is 0 Å². The van der Waals surface area contributed by atoms with Gasteiger partial charge in [0, 0.05) is 15.8 Å². The number of rotatable bonds is 3. The monoisotopic (exact) mass is 362 g/mol. The lowest BCUT2D eigenvalue weighted by Crippen LogP contribution is -2.06. The van der Waals surface area contributed by atoms with Gasteiger partial charge in [0.2, 0.25) is 0 Å². The molecule has 1 aromatic heterocycles. The summed E-state index contributed by atoms with van der Waals surface area (Å²) in [4.78, 5) is 13.7. The van der Waals surface area contributed by atoms with Crippen molar-refractivity contribution >= 4 is 33.0 Å². The number of carbonyl (C=O) groups excluding carboxylic acids is 1. The quantitative estimate of drug-likeness (QED) is 0.680. The molecule has 0 aliphatic rings. The molecule has 106 valence electrons. The standard InChI is InChI=1S/C14H10BrF3OS/c1-8-6-11(15)13(20-8)12(19)7-9-2-4-10(5-3-9)14(16,17)18/h2-6H,7H2,1H3. The van der Waals surface area contributed by atoms with Gasteiger partial charge in [-0.1, -0.05) is 12.1 Å². The van der Waals surface area contributed by atoms with Crippen molar-refractivity contribution in [2.75, 3.05) is 0 Å². The number of carbonyl (C=O) groups is 1. The van der Waals surface area contributed by atoms with E-state index in [9.17, 15) is 18.0 Å². The second-order valence-corrected chi connectivity index (χ2v) is 6.44. The maximum absolute atomic E-state index is 12.4. The van der Waals surface area contributed by atoms with Gasteiger partial charge in [0.05, 0.1) is 10.4 Å². The maximum Gasteiger partial charge on any atom is 0.416 e. The van der Waals surface area contributed by atoms with E-state index in [2.05, 4.69) is 15.9 Å². The summed E-state index contributed by atoms with van der Waals surface area (Å²) >= 11 is 4.68. The first-order chi connectivity index (χ1) is 9.27. The van der Waals surface area contributed by atoms with Crippen LogP contribution < -0.4 is 0 Å². The van der Waals surface area contributed by atoms with E-state index in [-0.39, 0.29) is 12.2 Å². The normalized spacial score (nSPS) is 11.7. The molecule has 0 atom stereocenters. The van der Waals surface area contributed by atoms with Crippen LogP contribution in [0.25, 0.3) is 0 Å². The summed E-state index contributed by atoms with van der Waals surface area (Å²) in [6, 6.07) is 6.53. The molecule has 0 radical (unpaired) electrons. The van der Waals surface area contributed by atoms with Crippen molar-refractivity contribution in [2.24, 2.45) is 0 Å². The molecule has 2 rings (SSSR count). The molecule has 1 heterocycles. The lowest BCUT2D eigenvalue weighted by molar-refractivity contribution is -0.137. The van der Waals surface area contributed by atoms with E-state index in [0.717, 1.165) is 21.5 Å². The van der Waals surface area contributed by atoms with Gasteiger partial charge in [0.1, 0.15) is 0 Å². The number of alkyl halides is 3. The number of Topliss-reactive ketones (excluding diaryl/α,β-unsaturated/α-hetero) is 1. The van der Waals surface area contributed by atoms with Gasteiger partial charge in [0.15, 0.2) is 5.78 Å². The lowest BCUT2D eigenvalue weighted by atomic mass is 10.1. The Morgan fingerprint density at radius 2 is 1.85 bits per heavy atom. The van der Waals surface area contributed by atoms with Gasteiger partial charge in [-0.15, -0.1) is 11.3 Å². The zero-order chi connectivity index (χ0) is 14.9. The summed E-state index contributed by atoms with van der Waals surface area (Å²) < 4.78 is 38.0. The van der Waals surface area contributed by atoms with Gasteiger partial charge >= 0.3 is 6.18 Å². The van der Waals surface area contributed by atoms with Crippen molar-refractivity contribution in [2.45, 2.75) is 19.5 Å². The summed E-state index contributed by atoms with van der Waals surface area (Å²) in [7, 11) is 0. The number of hydrogen-bond donors (Lipinski definition) is 0. The molecule has 0 spiro atoms. The van der Waals surface area contributed by atoms with Crippen LogP contribution in [0.1, 0.15) is 25.7 Å². The summed E-state index contributed by atoms with van der Waals surface area (Å²) in [6.45, 7) is 1.89. The molecule has 0 fully saturated rings. The second kappa shape index (κ2) is 5.69. The van der Waals surface area contributed by atoms with Crippen LogP contribution in [0.4, 0.5) is 13.2 Å². The van der Waals surface area contributed by atoms with Crippen molar-refractivity contribution in [3.63, 3.8) is 0 Å². The average Bonchev–Trinajstić information content (AvgIpc) is 2.68. The molecular weight excluding hydrogens is 353 g/mol. The van der Waals surface area contributed by atoms with Crippen molar-refractivity contribution in [1.29, 1.82) is 0 Å². The number of halogens is 4. The maximum atomic E-state index is 12.4. The molecule has 0 saturated carbocycles. The number of ketones is 1. The van der Waals surface area contributed by atoms with Crippen LogP contribution >= 0.6 is 27.3 Å². The van der Waals surface area contributed by atoms with E-state index in [1.54, 1.807) is 0 Å². The van der Waals surface area contributed by atoms with E-state index in [0.29, 0.717) is 10.4 Å². The highest BCUT2D eigenvalue weighted by atomic mass is 79.9. The fourth-order valence-corrected chi connectivity index (χ4v) is 3.55. The van der Waals surface area contributed by atoms with E-state index >= 15 is 0 Å². The highest BCUT2D eigenvalue weighted by Gasteiger charge is 2.30. The molecule has 6 heteroatoms. The van der Waals surface area contributed by atoms with Crippen LogP contribution in [0.2, 0.25) is 0 Å². The van der Waals surface area contributed by atoms with Crippen molar-refractivity contribution in [3.8, 4) is 0 Å². The minimum atomic E-state index is -4.35. The molecule has 0 saturated heterocycles. The molecular formula is C14H10BrF3OS. The Hall–Kier alpha value is -1.14. The third-order valence-corrected chi connectivity index (χ3v) is 4.69. The Balaban J connectivity index is 2.14. The van der Waals surface area contributed by atoms with Crippen LogP contribution in [-0.2, 0) is 12.6 Å². The van der Waals surface area contributed by atoms with E-state index in [1.165, 1.54) is 23.5 Å². The predicted octanol–water partition coefficient (Wildman–Crippen LogP) is 5.26. The molecule has 0 unspecified atom stereocenters. The first kappa shape index (κ1) is 15.3. The molecule has 0 N–H and O–H groups in total. The molecule has 20 heavy (non-hydrogen) atoms. The molecule has 0 bridgehead atoms. The third kappa shape index (κ3) is 3.49. The number of thiophene rings is 1. The summed E-state index contributed by atoms with van der Waals surface area (Å²) in [5.41, 5.74) is -0.136.